The van der Waals surface area contributed by atoms with Crippen LogP contribution in [0.2, 0.25) is 0 Å². The maximum absolute atomic E-state index is 10.7. The van der Waals surface area contributed by atoms with Gasteiger partial charge in [0.2, 0.25) is 0 Å². The van der Waals surface area contributed by atoms with E-state index in [-0.39, 0.29) is 11.7 Å². The van der Waals surface area contributed by atoms with Crippen LogP contribution in [0.3, 0.4) is 0 Å². The fourth-order valence-corrected chi connectivity index (χ4v) is 2.56. The molecule has 1 aromatic carbocycles. The number of nitro groups is 1. The van der Waals surface area contributed by atoms with Crippen LogP contribution in [0.4, 0.5) is 5.69 Å². The molecule has 1 heterocycles. The van der Waals surface area contributed by atoms with Gasteiger partial charge in [-0.2, -0.15) is 5.10 Å². The van der Waals surface area contributed by atoms with E-state index >= 15 is 0 Å². The zero-order chi connectivity index (χ0) is 21.2. The smallest absolute Gasteiger partial charge is 0.306 e. The molecule has 0 aliphatic rings. The highest BCUT2D eigenvalue weighted by Gasteiger charge is 2.10. The minimum atomic E-state index is -0.459. The van der Waals surface area contributed by atoms with Gasteiger partial charge in [-0.3, -0.25) is 19.8 Å². The highest BCUT2D eigenvalue weighted by Crippen LogP contribution is 2.18. The van der Waals surface area contributed by atoms with Crippen molar-refractivity contribution in [2.75, 3.05) is 19.7 Å². The van der Waals surface area contributed by atoms with Gasteiger partial charge in [0.15, 0.2) is 5.96 Å². The summed E-state index contributed by atoms with van der Waals surface area (Å²) < 4.78 is 7.24. The third kappa shape index (κ3) is 7.44. The van der Waals surface area contributed by atoms with Crippen LogP contribution in [0.1, 0.15) is 39.3 Å². The van der Waals surface area contributed by atoms with Gasteiger partial charge in [-0.15, -0.1) is 0 Å². The van der Waals surface area contributed by atoms with E-state index in [1.807, 2.05) is 31.2 Å². The van der Waals surface area contributed by atoms with Crippen LogP contribution in [-0.4, -0.2) is 40.4 Å². The van der Waals surface area contributed by atoms with Gasteiger partial charge < -0.3 is 15.4 Å². The van der Waals surface area contributed by atoms with Crippen molar-refractivity contribution >= 4 is 11.6 Å². The van der Waals surface area contributed by atoms with E-state index in [0.717, 1.165) is 17.9 Å². The van der Waals surface area contributed by atoms with Crippen molar-refractivity contribution in [3.05, 3.63) is 52.3 Å². The van der Waals surface area contributed by atoms with Gasteiger partial charge >= 0.3 is 5.69 Å². The summed E-state index contributed by atoms with van der Waals surface area (Å²) in [5, 5.41) is 21.3. The molecule has 0 amide bonds. The molecule has 2 aromatic rings. The Morgan fingerprint density at radius 2 is 2.03 bits per heavy atom. The van der Waals surface area contributed by atoms with E-state index in [1.54, 1.807) is 0 Å². The molecule has 0 aliphatic heterocycles. The van der Waals surface area contributed by atoms with Crippen molar-refractivity contribution in [1.82, 2.24) is 20.4 Å². The highest BCUT2D eigenvalue weighted by atomic mass is 16.6. The third-order valence-electron chi connectivity index (χ3n) is 4.09. The molecule has 0 spiro atoms. The Kier molecular flexibility index (Phi) is 8.45. The van der Waals surface area contributed by atoms with Crippen LogP contribution in [0.15, 0.2) is 41.7 Å². The van der Waals surface area contributed by atoms with Crippen LogP contribution in [-0.2, 0) is 6.54 Å². The van der Waals surface area contributed by atoms with E-state index in [1.165, 1.54) is 17.1 Å². The highest BCUT2D eigenvalue weighted by molar-refractivity contribution is 5.80. The predicted molar refractivity (Wildman–Crippen MR) is 113 cm³/mol. The van der Waals surface area contributed by atoms with E-state index in [9.17, 15) is 10.1 Å². The molecule has 1 unspecified atom stereocenters. The number of aromatic nitrogens is 2. The predicted octanol–water partition coefficient (Wildman–Crippen LogP) is 3.14. The fourth-order valence-electron chi connectivity index (χ4n) is 2.56. The summed E-state index contributed by atoms with van der Waals surface area (Å²) in [6.07, 6.45) is 2.64. The van der Waals surface area contributed by atoms with Crippen LogP contribution in [0.25, 0.3) is 0 Å². The van der Waals surface area contributed by atoms with E-state index in [4.69, 9.17) is 4.74 Å². The van der Waals surface area contributed by atoms with Gasteiger partial charge in [-0.1, -0.05) is 26.0 Å². The molecule has 29 heavy (non-hydrogen) atoms. The topological polar surface area (TPSA) is 107 Å². The lowest BCUT2D eigenvalue weighted by Crippen LogP contribution is -2.39. The Hall–Kier alpha value is -3.10. The molecule has 1 aromatic heterocycles. The standard InChI is InChI=1S/C20H30N6O3/c1-5-21-20(22-10-11-25-13-18(12-23-25)26(27)28)24-16(4)17-6-8-19(9-7-17)29-14-15(2)3/h6-9,12-13,15-16H,5,10-11,14H2,1-4H3,(H2,21,22,24). The van der Waals surface area contributed by atoms with Gasteiger partial charge in [0, 0.05) is 6.54 Å². The number of benzene rings is 1. The normalized spacial score (nSPS) is 12.7. The molecule has 2 N–H and O–H groups in total. The Morgan fingerprint density at radius 3 is 2.62 bits per heavy atom. The summed E-state index contributed by atoms with van der Waals surface area (Å²) in [6.45, 7) is 10.6. The average molecular weight is 402 g/mol. The fraction of sp³-hybridized carbons (Fsp3) is 0.500. The molecular weight excluding hydrogens is 372 g/mol. The molecule has 1 atom stereocenters. The molecule has 0 fully saturated rings. The number of nitrogens with zero attached hydrogens (tertiary/aromatic N) is 4. The lowest BCUT2D eigenvalue weighted by Gasteiger charge is -2.18. The lowest BCUT2D eigenvalue weighted by atomic mass is 10.1. The van der Waals surface area contributed by atoms with Gasteiger partial charge in [-0.25, -0.2) is 0 Å². The summed E-state index contributed by atoms with van der Waals surface area (Å²) >= 11 is 0. The Bertz CT molecular complexity index is 801. The number of ether oxygens (including phenoxy) is 1. The summed E-state index contributed by atoms with van der Waals surface area (Å²) in [4.78, 5) is 14.8. The van der Waals surface area contributed by atoms with E-state index < -0.39 is 4.92 Å². The van der Waals surface area contributed by atoms with Crippen molar-refractivity contribution in [2.24, 2.45) is 10.9 Å². The molecule has 0 aliphatic carbocycles. The SMILES string of the molecule is CCNC(=NCCn1cc([N+](=O)[O-])cn1)NC(C)c1ccc(OCC(C)C)cc1. The second kappa shape index (κ2) is 11.0. The van der Waals surface area contributed by atoms with Crippen molar-refractivity contribution in [2.45, 2.75) is 40.3 Å². The van der Waals surface area contributed by atoms with Crippen LogP contribution >= 0.6 is 0 Å². The first-order valence-corrected chi connectivity index (χ1v) is 9.83. The third-order valence-corrected chi connectivity index (χ3v) is 4.09. The van der Waals surface area contributed by atoms with Gasteiger partial charge in [0.05, 0.1) is 30.7 Å². The first-order valence-electron chi connectivity index (χ1n) is 9.83. The largest absolute Gasteiger partial charge is 0.493 e. The zero-order valence-corrected chi connectivity index (χ0v) is 17.5. The Labute approximate surface area is 171 Å². The molecule has 0 saturated heterocycles. The van der Waals surface area contributed by atoms with E-state index in [0.29, 0.717) is 31.6 Å². The summed E-state index contributed by atoms with van der Waals surface area (Å²) in [7, 11) is 0. The Balaban J connectivity index is 1.92. The van der Waals surface area contributed by atoms with Crippen LogP contribution < -0.4 is 15.4 Å². The van der Waals surface area contributed by atoms with Gasteiger partial charge in [0.25, 0.3) is 0 Å². The zero-order valence-electron chi connectivity index (χ0n) is 17.5. The van der Waals surface area contributed by atoms with Crippen molar-refractivity contribution < 1.29 is 9.66 Å². The van der Waals surface area contributed by atoms with Gasteiger partial charge in [-0.05, 0) is 37.5 Å². The van der Waals surface area contributed by atoms with Crippen LogP contribution in [0, 0.1) is 16.0 Å². The molecular formula is C20H30N6O3. The van der Waals surface area contributed by atoms with Crippen molar-refractivity contribution in [1.29, 1.82) is 0 Å². The van der Waals surface area contributed by atoms with Crippen molar-refractivity contribution in [3.63, 3.8) is 0 Å². The van der Waals surface area contributed by atoms with E-state index in [2.05, 4.69) is 41.5 Å². The quantitative estimate of drug-likeness (QED) is 0.274. The van der Waals surface area contributed by atoms with Crippen molar-refractivity contribution in [3.8, 4) is 5.75 Å². The number of hydrogen-bond acceptors (Lipinski definition) is 5. The molecule has 0 bridgehead atoms. The maximum atomic E-state index is 10.7. The summed E-state index contributed by atoms with van der Waals surface area (Å²) in [5.41, 5.74) is 1.10. The Morgan fingerprint density at radius 1 is 1.31 bits per heavy atom. The first-order chi connectivity index (χ1) is 13.9. The average Bonchev–Trinajstić information content (AvgIpc) is 3.16. The number of nitrogens with one attached hydrogen (secondary N) is 2. The molecule has 2 rings (SSSR count). The second-order valence-electron chi connectivity index (χ2n) is 7.12. The summed E-state index contributed by atoms with van der Waals surface area (Å²) in [5.74, 6) is 2.03. The molecule has 9 heteroatoms. The lowest BCUT2D eigenvalue weighted by molar-refractivity contribution is -0.385. The monoisotopic (exact) mass is 402 g/mol. The maximum Gasteiger partial charge on any atom is 0.306 e. The molecule has 158 valence electrons. The number of hydrogen-bond donors (Lipinski definition) is 2. The summed E-state index contributed by atoms with van der Waals surface area (Å²) in [6, 6.07) is 8.09. The number of aliphatic imine (C=N–C) groups is 1. The minimum Gasteiger partial charge on any atom is -0.493 e. The second-order valence-corrected chi connectivity index (χ2v) is 7.12. The van der Waals surface area contributed by atoms with Crippen LogP contribution in [0.5, 0.6) is 5.75 Å². The molecule has 9 nitrogen and oxygen atoms in total. The van der Waals surface area contributed by atoms with Gasteiger partial charge in [0.1, 0.15) is 18.1 Å². The number of rotatable bonds is 10. The molecule has 0 radical (unpaired) electrons. The minimum absolute atomic E-state index is 0.0199. The first kappa shape index (κ1) is 22.2. The molecule has 0 saturated carbocycles. The number of guanidine groups is 1.